The molecule has 318 valence electrons. The van der Waals surface area contributed by atoms with Crippen LogP contribution in [-0.2, 0) is 6.18 Å². The molecule has 0 amide bonds. The van der Waals surface area contributed by atoms with Gasteiger partial charge in [0.05, 0.1) is 79.8 Å². The van der Waals surface area contributed by atoms with Gasteiger partial charge < -0.3 is 9.13 Å². The van der Waals surface area contributed by atoms with Crippen molar-refractivity contribution in [3.63, 3.8) is 0 Å². The van der Waals surface area contributed by atoms with E-state index in [9.17, 15) is 21.0 Å². The number of aromatic nitrogens is 2. The van der Waals surface area contributed by atoms with Crippen molar-refractivity contribution in [2.45, 2.75) is 6.18 Å². The van der Waals surface area contributed by atoms with Gasteiger partial charge in [0.25, 0.3) is 0 Å². The molecule has 0 bridgehead atoms. The Hall–Kier alpha value is -9.67. The number of halogens is 3. The average molecular weight is 881 g/mol. The predicted molar refractivity (Wildman–Crippen MR) is 261 cm³/mol. The third-order valence-electron chi connectivity index (χ3n) is 12.7. The Morgan fingerprint density at radius 1 is 0.338 bits per heavy atom. The van der Waals surface area contributed by atoms with E-state index in [0.29, 0.717) is 39.2 Å². The molecule has 0 aliphatic carbocycles. The second kappa shape index (κ2) is 16.1. The molecule has 0 atom stereocenters. The summed E-state index contributed by atoms with van der Waals surface area (Å²) in [5, 5.41) is 42.8. The maximum absolute atomic E-state index is 15.2. The first kappa shape index (κ1) is 41.1. The van der Waals surface area contributed by atoms with Gasteiger partial charge in [-0.1, -0.05) is 84.9 Å². The van der Waals surface area contributed by atoms with E-state index in [0.717, 1.165) is 71.9 Å². The van der Waals surface area contributed by atoms with Crippen LogP contribution in [0.5, 0.6) is 0 Å². The van der Waals surface area contributed by atoms with Crippen LogP contribution in [0.15, 0.2) is 188 Å². The van der Waals surface area contributed by atoms with Crippen molar-refractivity contribution in [3.05, 3.63) is 216 Å². The van der Waals surface area contributed by atoms with Gasteiger partial charge in [0, 0.05) is 32.8 Å². The van der Waals surface area contributed by atoms with Crippen molar-refractivity contribution in [2.75, 3.05) is 0 Å². The van der Waals surface area contributed by atoms with Gasteiger partial charge in [-0.2, -0.15) is 34.2 Å². The number of nitriles is 4. The predicted octanol–water partition coefficient (Wildman–Crippen LogP) is 15.1. The summed E-state index contributed by atoms with van der Waals surface area (Å²) in [6.45, 7) is 0. The molecule has 2 heterocycles. The third-order valence-corrected chi connectivity index (χ3v) is 12.7. The lowest BCUT2D eigenvalue weighted by atomic mass is 9.89. The monoisotopic (exact) mass is 880 g/mol. The molecule has 0 saturated carbocycles. The highest BCUT2D eigenvalue weighted by atomic mass is 19.4. The lowest BCUT2D eigenvalue weighted by Gasteiger charge is -2.21. The lowest BCUT2D eigenvalue weighted by molar-refractivity contribution is -0.137. The van der Waals surface area contributed by atoms with Crippen LogP contribution in [0.25, 0.3) is 99.5 Å². The number of alkyl halides is 3. The number of fused-ring (bicyclic) bond motifs is 6. The first-order chi connectivity index (χ1) is 33.1. The number of nitrogens with zero attached hydrogens (tertiary/aromatic N) is 6. The van der Waals surface area contributed by atoms with Crippen molar-refractivity contribution in [1.29, 1.82) is 21.0 Å². The molecule has 11 rings (SSSR count). The zero-order chi connectivity index (χ0) is 46.7. The molecule has 0 unspecified atom stereocenters. The number of para-hydroxylation sites is 2. The van der Waals surface area contributed by atoms with Gasteiger partial charge in [-0.3, -0.25) is 0 Å². The van der Waals surface area contributed by atoms with Crippen molar-refractivity contribution in [2.24, 2.45) is 0 Å². The fourth-order valence-electron chi connectivity index (χ4n) is 9.55. The Labute approximate surface area is 387 Å². The summed E-state index contributed by atoms with van der Waals surface area (Å²) in [4.78, 5) is 0. The molecular weight excluding hydrogens is 850 g/mol. The van der Waals surface area contributed by atoms with Gasteiger partial charge in [0.2, 0.25) is 0 Å². The van der Waals surface area contributed by atoms with Crippen LogP contribution in [0.1, 0.15) is 27.8 Å². The minimum atomic E-state index is -4.81. The number of hydrogen-bond donors (Lipinski definition) is 0. The molecule has 0 aliphatic rings. The zero-order valence-electron chi connectivity index (χ0n) is 35.7. The third kappa shape index (κ3) is 6.79. The standard InChI is InChI=1S/C59H31F3N6/c60-59(61,62)53-28-39(35-66)13-22-46(53)45-23-21-44(67-54-7-3-1-5-47(54)51-29-42(19-25-56(51)67)40-15-9-36(32-63)10-16-40)31-49(45)50-27-38(34-65)14-24-57(50)68-55-8-4-2-6-48(55)52-30-43(20-26-58(52)68)41-17-11-37(33-64)12-18-41/h1-31H. The Morgan fingerprint density at radius 3 is 1.35 bits per heavy atom. The summed E-state index contributed by atoms with van der Waals surface area (Å²) in [5.41, 5.74) is 9.94. The van der Waals surface area contributed by atoms with Gasteiger partial charge in [0.15, 0.2) is 0 Å². The second-order valence-corrected chi connectivity index (χ2v) is 16.5. The maximum Gasteiger partial charge on any atom is 0.417 e. The smallest absolute Gasteiger partial charge is 0.309 e. The summed E-state index contributed by atoms with van der Waals surface area (Å²) in [6.07, 6.45) is -4.81. The lowest BCUT2D eigenvalue weighted by Crippen LogP contribution is -2.08. The fourth-order valence-corrected chi connectivity index (χ4v) is 9.55. The first-order valence-electron chi connectivity index (χ1n) is 21.5. The van der Waals surface area contributed by atoms with Crippen LogP contribution in [0.2, 0.25) is 0 Å². The maximum atomic E-state index is 15.2. The van der Waals surface area contributed by atoms with E-state index in [1.807, 2.05) is 121 Å². The highest BCUT2D eigenvalue weighted by Crippen LogP contribution is 2.46. The van der Waals surface area contributed by atoms with Gasteiger partial charge in [-0.25, -0.2) is 0 Å². The van der Waals surface area contributed by atoms with Crippen molar-refractivity contribution in [1.82, 2.24) is 9.13 Å². The van der Waals surface area contributed by atoms with E-state index in [2.05, 4.69) is 39.5 Å². The Balaban J connectivity index is 1.20. The van der Waals surface area contributed by atoms with Gasteiger partial charge in [0.1, 0.15) is 0 Å². The fraction of sp³-hybridized carbons (Fsp3) is 0.0169. The molecular formula is C59H31F3N6. The Morgan fingerprint density at radius 2 is 0.794 bits per heavy atom. The molecule has 9 heteroatoms. The molecule has 0 aliphatic heterocycles. The molecule has 11 aromatic rings. The molecule has 0 fully saturated rings. The minimum absolute atomic E-state index is 0.116. The molecule has 0 N–H and O–H groups in total. The van der Waals surface area contributed by atoms with E-state index in [-0.39, 0.29) is 16.7 Å². The molecule has 0 saturated heterocycles. The second-order valence-electron chi connectivity index (χ2n) is 16.5. The number of hydrogen-bond acceptors (Lipinski definition) is 4. The van der Waals surface area contributed by atoms with Crippen molar-refractivity contribution in [3.8, 4) is 80.2 Å². The minimum Gasteiger partial charge on any atom is -0.309 e. The largest absolute Gasteiger partial charge is 0.417 e. The Kier molecular flexibility index (Phi) is 9.72. The molecule has 0 spiro atoms. The first-order valence-corrected chi connectivity index (χ1v) is 21.5. The van der Waals surface area contributed by atoms with Crippen LogP contribution < -0.4 is 0 Å². The summed E-state index contributed by atoms with van der Waals surface area (Å²) in [5.74, 6) is 0. The normalized spacial score (nSPS) is 11.4. The van der Waals surface area contributed by atoms with E-state index >= 15 is 13.2 Å². The highest BCUT2D eigenvalue weighted by Gasteiger charge is 2.35. The topological polar surface area (TPSA) is 105 Å². The molecule has 0 radical (unpaired) electrons. The quantitative estimate of drug-likeness (QED) is 0.166. The number of benzene rings is 9. The summed E-state index contributed by atoms with van der Waals surface area (Å²) in [7, 11) is 0. The van der Waals surface area contributed by atoms with E-state index < -0.39 is 11.7 Å². The van der Waals surface area contributed by atoms with Crippen LogP contribution in [-0.4, -0.2) is 9.13 Å². The van der Waals surface area contributed by atoms with Gasteiger partial charge in [-0.05, 0) is 142 Å². The van der Waals surface area contributed by atoms with Crippen molar-refractivity contribution >= 4 is 43.6 Å². The molecule has 6 nitrogen and oxygen atoms in total. The molecule has 2 aromatic heterocycles. The zero-order valence-corrected chi connectivity index (χ0v) is 35.7. The van der Waals surface area contributed by atoms with Crippen molar-refractivity contribution < 1.29 is 13.2 Å². The average Bonchev–Trinajstić information content (AvgIpc) is 3.90. The van der Waals surface area contributed by atoms with E-state index in [4.69, 9.17) is 0 Å². The molecule has 9 aromatic carbocycles. The van der Waals surface area contributed by atoms with Crippen LogP contribution in [0.3, 0.4) is 0 Å². The van der Waals surface area contributed by atoms with E-state index in [1.165, 1.54) is 12.1 Å². The summed E-state index contributed by atoms with van der Waals surface area (Å²) < 4.78 is 49.8. The highest BCUT2D eigenvalue weighted by molar-refractivity contribution is 6.12. The summed E-state index contributed by atoms with van der Waals surface area (Å²) in [6, 6.07) is 65.8. The van der Waals surface area contributed by atoms with Crippen LogP contribution >= 0.6 is 0 Å². The summed E-state index contributed by atoms with van der Waals surface area (Å²) >= 11 is 0. The molecule has 68 heavy (non-hydrogen) atoms. The Bertz CT molecular complexity index is 4050. The van der Waals surface area contributed by atoms with Gasteiger partial charge >= 0.3 is 6.18 Å². The van der Waals surface area contributed by atoms with Crippen LogP contribution in [0, 0.1) is 45.3 Å². The number of rotatable bonds is 6. The van der Waals surface area contributed by atoms with E-state index in [1.54, 1.807) is 42.5 Å². The van der Waals surface area contributed by atoms with Gasteiger partial charge in [-0.15, -0.1) is 0 Å². The van der Waals surface area contributed by atoms with Crippen LogP contribution in [0.4, 0.5) is 13.2 Å². The SMILES string of the molecule is N#Cc1ccc(-c2ccc3c(c2)c2ccccc2n3-c2ccc(-c3ccc(C#N)cc3C(F)(F)F)c(-c3cc(C#N)ccc3-n3c4ccccc4c4cc(-c5ccc(C#N)cc5)ccc43)c2)cc1.